The molecule has 0 saturated heterocycles. The van der Waals surface area contributed by atoms with E-state index in [9.17, 15) is 4.79 Å². The SMILES string of the molecule is Cc1cccnc1C(=O)N[C@@H](c1nccn1C)C(C)C. The summed E-state index contributed by atoms with van der Waals surface area (Å²) in [5.41, 5.74) is 1.33. The van der Waals surface area contributed by atoms with Crippen molar-refractivity contribution in [2.24, 2.45) is 13.0 Å². The zero-order valence-corrected chi connectivity index (χ0v) is 12.3. The minimum atomic E-state index is -0.162. The van der Waals surface area contributed by atoms with E-state index in [-0.39, 0.29) is 17.9 Å². The third-order valence-corrected chi connectivity index (χ3v) is 3.31. The quantitative estimate of drug-likeness (QED) is 0.928. The van der Waals surface area contributed by atoms with Crippen LogP contribution in [-0.4, -0.2) is 20.4 Å². The van der Waals surface area contributed by atoms with Crippen LogP contribution < -0.4 is 5.32 Å². The Morgan fingerprint density at radius 2 is 2.05 bits per heavy atom. The summed E-state index contributed by atoms with van der Waals surface area (Å²) in [5, 5.41) is 3.03. The van der Waals surface area contributed by atoms with E-state index in [4.69, 9.17) is 0 Å². The molecule has 0 unspecified atom stereocenters. The number of carbonyl (C=O) groups excluding carboxylic acids is 1. The van der Waals surface area contributed by atoms with Gasteiger partial charge in [-0.15, -0.1) is 0 Å². The minimum absolute atomic E-state index is 0.135. The van der Waals surface area contributed by atoms with Crippen LogP contribution in [0.25, 0.3) is 0 Å². The van der Waals surface area contributed by atoms with Crippen LogP contribution in [0, 0.1) is 12.8 Å². The Hall–Kier alpha value is -2.17. The number of carbonyl (C=O) groups is 1. The lowest BCUT2D eigenvalue weighted by atomic mass is 10.0. The molecule has 1 atom stereocenters. The highest BCUT2D eigenvalue weighted by atomic mass is 16.2. The Morgan fingerprint density at radius 3 is 2.60 bits per heavy atom. The highest BCUT2D eigenvalue weighted by Crippen LogP contribution is 2.20. The molecule has 0 saturated carbocycles. The van der Waals surface area contributed by atoms with Crippen LogP contribution in [0.5, 0.6) is 0 Å². The second-order valence-electron chi connectivity index (χ2n) is 5.26. The summed E-state index contributed by atoms with van der Waals surface area (Å²) >= 11 is 0. The molecule has 106 valence electrons. The summed E-state index contributed by atoms with van der Waals surface area (Å²) in [5.74, 6) is 0.927. The molecule has 20 heavy (non-hydrogen) atoms. The molecular weight excluding hydrogens is 252 g/mol. The molecule has 2 rings (SSSR count). The first-order valence-electron chi connectivity index (χ1n) is 6.70. The molecule has 2 aromatic heterocycles. The first-order valence-corrected chi connectivity index (χ1v) is 6.70. The third-order valence-electron chi connectivity index (χ3n) is 3.31. The van der Waals surface area contributed by atoms with Crippen molar-refractivity contribution in [2.45, 2.75) is 26.8 Å². The molecule has 0 radical (unpaired) electrons. The van der Waals surface area contributed by atoms with Gasteiger partial charge in [-0.2, -0.15) is 0 Å². The summed E-state index contributed by atoms with van der Waals surface area (Å²) < 4.78 is 1.93. The van der Waals surface area contributed by atoms with E-state index in [0.717, 1.165) is 11.4 Å². The van der Waals surface area contributed by atoms with Gasteiger partial charge < -0.3 is 9.88 Å². The molecule has 1 amide bonds. The number of nitrogens with zero attached hydrogens (tertiary/aromatic N) is 3. The fraction of sp³-hybridized carbons (Fsp3) is 0.400. The van der Waals surface area contributed by atoms with E-state index in [1.165, 1.54) is 0 Å². The van der Waals surface area contributed by atoms with E-state index in [2.05, 4.69) is 29.1 Å². The summed E-state index contributed by atoms with van der Waals surface area (Å²) in [7, 11) is 1.93. The summed E-state index contributed by atoms with van der Waals surface area (Å²) in [6.45, 7) is 6.00. The van der Waals surface area contributed by atoms with Gasteiger partial charge in [0.05, 0.1) is 6.04 Å². The third kappa shape index (κ3) is 2.87. The number of hydrogen-bond donors (Lipinski definition) is 1. The van der Waals surface area contributed by atoms with Crippen molar-refractivity contribution in [1.29, 1.82) is 0 Å². The predicted molar refractivity (Wildman–Crippen MR) is 77.2 cm³/mol. The van der Waals surface area contributed by atoms with Crippen LogP contribution in [0.15, 0.2) is 30.7 Å². The summed E-state index contributed by atoms with van der Waals surface area (Å²) in [4.78, 5) is 20.9. The van der Waals surface area contributed by atoms with Crippen molar-refractivity contribution in [3.63, 3.8) is 0 Å². The van der Waals surface area contributed by atoms with Crippen molar-refractivity contribution in [1.82, 2.24) is 19.9 Å². The summed E-state index contributed by atoms with van der Waals surface area (Å²) in [6.07, 6.45) is 5.25. The Labute approximate surface area is 119 Å². The maximum absolute atomic E-state index is 12.4. The fourth-order valence-corrected chi connectivity index (χ4v) is 2.14. The molecule has 0 fully saturated rings. The highest BCUT2D eigenvalue weighted by Gasteiger charge is 2.23. The number of aryl methyl sites for hydroxylation is 2. The molecule has 5 nitrogen and oxygen atoms in total. The van der Waals surface area contributed by atoms with Gasteiger partial charge >= 0.3 is 0 Å². The van der Waals surface area contributed by atoms with Crippen LogP contribution in [0.4, 0.5) is 0 Å². The largest absolute Gasteiger partial charge is 0.340 e. The van der Waals surface area contributed by atoms with Crippen LogP contribution in [0.2, 0.25) is 0 Å². The second-order valence-corrected chi connectivity index (χ2v) is 5.26. The average molecular weight is 272 g/mol. The molecule has 0 spiro atoms. The molecule has 0 aromatic carbocycles. The van der Waals surface area contributed by atoms with Gasteiger partial charge in [-0.3, -0.25) is 9.78 Å². The molecule has 0 aliphatic heterocycles. The van der Waals surface area contributed by atoms with Gasteiger partial charge in [0.1, 0.15) is 11.5 Å². The first kappa shape index (κ1) is 14.2. The number of amides is 1. The van der Waals surface area contributed by atoms with Crippen molar-refractivity contribution in [3.8, 4) is 0 Å². The van der Waals surface area contributed by atoms with Crippen LogP contribution in [-0.2, 0) is 7.05 Å². The van der Waals surface area contributed by atoms with Crippen molar-refractivity contribution >= 4 is 5.91 Å². The maximum Gasteiger partial charge on any atom is 0.270 e. The van der Waals surface area contributed by atoms with Crippen molar-refractivity contribution < 1.29 is 4.79 Å². The van der Waals surface area contributed by atoms with Gasteiger partial charge in [0, 0.05) is 25.6 Å². The lowest BCUT2D eigenvalue weighted by Crippen LogP contribution is -2.34. The van der Waals surface area contributed by atoms with Crippen LogP contribution in [0.1, 0.15) is 41.8 Å². The molecule has 0 aliphatic carbocycles. The topological polar surface area (TPSA) is 59.8 Å². The number of imidazole rings is 1. The second kappa shape index (κ2) is 5.86. The van der Waals surface area contributed by atoms with Gasteiger partial charge in [0.2, 0.25) is 0 Å². The zero-order chi connectivity index (χ0) is 14.7. The van der Waals surface area contributed by atoms with Gasteiger partial charge in [-0.05, 0) is 24.5 Å². The molecule has 1 N–H and O–H groups in total. The average Bonchev–Trinajstić information content (AvgIpc) is 2.82. The predicted octanol–water partition coefficient (Wildman–Crippen LogP) is 2.25. The number of pyridine rings is 1. The Morgan fingerprint density at radius 1 is 1.30 bits per heavy atom. The molecular formula is C15H20N4O. The first-order chi connectivity index (χ1) is 9.50. The number of rotatable bonds is 4. The van der Waals surface area contributed by atoms with Gasteiger partial charge in [-0.1, -0.05) is 19.9 Å². The van der Waals surface area contributed by atoms with Gasteiger partial charge in [-0.25, -0.2) is 4.98 Å². The lowest BCUT2D eigenvalue weighted by molar-refractivity contribution is 0.0916. The molecule has 2 aromatic rings. The van der Waals surface area contributed by atoms with E-state index < -0.39 is 0 Å². The zero-order valence-electron chi connectivity index (χ0n) is 12.3. The molecule has 5 heteroatoms. The minimum Gasteiger partial charge on any atom is -0.340 e. The van der Waals surface area contributed by atoms with Gasteiger partial charge in [0.25, 0.3) is 5.91 Å². The Bertz CT molecular complexity index is 603. The highest BCUT2D eigenvalue weighted by molar-refractivity contribution is 5.93. The normalized spacial score (nSPS) is 12.4. The fourth-order valence-electron chi connectivity index (χ4n) is 2.14. The molecule has 2 heterocycles. The van der Waals surface area contributed by atoms with E-state index >= 15 is 0 Å². The van der Waals surface area contributed by atoms with E-state index in [1.807, 2.05) is 36.9 Å². The van der Waals surface area contributed by atoms with Crippen LogP contribution >= 0.6 is 0 Å². The maximum atomic E-state index is 12.4. The van der Waals surface area contributed by atoms with Crippen LogP contribution in [0.3, 0.4) is 0 Å². The number of aromatic nitrogens is 3. The molecule has 0 bridgehead atoms. The Kier molecular flexibility index (Phi) is 4.17. The van der Waals surface area contributed by atoms with Crippen molar-refractivity contribution in [3.05, 3.63) is 47.8 Å². The van der Waals surface area contributed by atoms with E-state index in [0.29, 0.717) is 5.69 Å². The van der Waals surface area contributed by atoms with E-state index in [1.54, 1.807) is 12.4 Å². The molecule has 0 aliphatic rings. The summed E-state index contributed by atoms with van der Waals surface area (Å²) in [6, 6.07) is 3.57. The Balaban J connectivity index is 2.24. The standard InChI is InChI=1S/C15H20N4O/c1-10(2)12(14-17-8-9-19(14)4)18-15(20)13-11(3)6-5-7-16-13/h5-10,12H,1-4H3,(H,18,20)/t12-/m1/s1. The number of nitrogens with one attached hydrogen (secondary N) is 1. The van der Waals surface area contributed by atoms with Gasteiger partial charge in [0.15, 0.2) is 0 Å². The monoisotopic (exact) mass is 272 g/mol. The smallest absolute Gasteiger partial charge is 0.270 e. The van der Waals surface area contributed by atoms with Crippen molar-refractivity contribution in [2.75, 3.05) is 0 Å². The number of hydrogen-bond acceptors (Lipinski definition) is 3. The lowest BCUT2D eigenvalue weighted by Gasteiger charge is -2.22.